The molecule has 0 spiro atoms. The van der Waals surface area contributed by atoms with Crippen molar-refractivity contribution in [3.8, 4) is 0 Å². The summed E-state index contributed by atoms with van der Waals surface area (Å²) in [5.74, 6) is -3.73. The maximum atomic E-state index is 10.2. The Morgan fingerprint density at radius 1 is 1.21 bits per heavy atom. The van der Waals surface area contributed by atoms with Crippen molar-refractivity contribution in [1.82, 2.24) is 0 Å². The van der Waals surface area contributed by atoms with Gasteiger partial charge in [0.05, 0.1) is 12.0 Å². The van der Waals surface area contributed by atoms with Gasteiger partial charge in [-0.25, -0.2) is 4.99 Å². The Balaban J connectivity index is -0.000000605. The van der Waals surface area contributed by atoms with Crippen LogP contribution in [0.3, 0.4) is 0 Å². The van der Waals surface area contributed by atoms with Crippen molar-refractivity contribution in [2.45, 2.75) is 12.5 Å². The number of carboxylic acid groups (broad SMARTS) is 2. The van der Waals surface area contributed by atoms with Gasteiger partial charge in [0, 0.05) is 12.4 Å². The molecular weight excluding hydrogens is 212 g/mol. The van der Waals surface area contributed by atoms with Gasteiger partial charge >= 0.3 is 59.1 Å². The van der Waals surface area contributed by atoms with Crippen molar-refractivity contribution >= 4 is 17.9 Å². The van der Waals surface area contributed by atoms with Gasteiger partial charge in [0.2, 0.25) is 0 Å². The quantitative estimate of drug-likeness (QED) is 0.273. The van der Waals surface area contributed by atoms with Crippen molar-refractivity contribution in [2.75, 3.05) is 0 Å². The minimum Gasteiger partial charge on any atom is -0.550 e. The van der Waals surface area contributed by atoms with Gasteiger partial charge in [-0.15, -0.1) is 0 Å². The number of hydrogen-bond acceptors (Lipinski definition) is 5. The fourth-order valence-electron chi connectivity index (χ4n) is 0.519. The topological polar surface area (TPSA) is 145 Å². The van der Waals surface area contributed by atoms with Gasteiger partial charge in [-0.05, 0) is 0 Å². The van der Waals surface area contributed by atoms with Crippen LogP contribution >= 0.6 is 0 Å². The summed E-state index contributed by atoms with van der Waals surface area (Å²) < 4.78 is 0. The van der Waals surface area contributed by atoms with Crippen LogP contribution in [0.15, 0.2) is 4.99 Å². The van der Waals surface area contributed by atoms with E-state index in [0.29, 0.717) is 0 Å². The summed E-state index contributed by atoms with van der Waals surface area (Å²) in [6, 6.07) is -1.58. The summed E-state index contributed by atoms with van der Waals surface area (Å²) in [6.07, 6.45) is -0.805. The van der Waals surface area contributed by atoms with Crippen molar-refractivity contribution in [3.63, 3.8) is 0 Å². The Morgan fingerprint density at radius 2 is 1.64 bits per heavy atom. The SMILES string of the molecule is NC(N)=NC(CC(=O)[O-])C(=O)[O-].[Na+].[Na+]. The first-order valence-electron chi connectivity index (χ1n) is 2.93. The van der Waals surface area contributed by atoms with Gasteiger partial charge in [0.25, 0.3) is 0 Å². The third-order valence-corrected chi connectivity index (χ3v) is 0.937. The van der Waals surface area contributed by atoms with Crippen molar-refractivity contribution in [3.05, 3.63) is 0 Å². The van der Waals surface area contributed by atoms with Gasteiger partial charge in [-0.2, -0.15) is 0 Å². The van der Waals surface area contributed by atoms with E-state index >= 15 is 0 Å². The molecule has 0 aromatic heterocycles. The first-order chi connectivity index (χ1) is 5.43. The zero-order valence-electron chi connectivity index (χ0n) is 8.02. The molecule has 0 saturated heterocycles. The summed E-state index contributed by atoms with van der Waals surface area (Å²) in [7, 11) is 0. The monoisotopic (exact) mass is 219 g/mol. The van der Waals surface area contributed by atoms with Crippen LogP contribution in [-0.4, -0.2) is 23.9 Å². The molecule has 0 aliphatic carbocycles. The number of nitrogens with zero attached hydrogens (tertiary/aromatic N) is 1. The van der Waals surface area contributed by atoms with E-state index in [1.807, 2.05) is 0 Å². The van der Waals surface area contributed by atoms with Crippen molar-refractivity contribution in [2.24, 2.45) is 16.5 Å². The minimum absolute atomic E-state index is 0. The van der Waals surface area contributed by atoms with E-state index < -0.39 is 30.4 Å². The Hall–Kier alpha value is 0.210. The molecule has 9 heteroatoms. The number of aliphatic imine (C=N–C) groups is 1. The van der Waals surface area contributed by atoms with Crippen LogP contribution in [0.1, 0.15) is 6.42 Å². The summed E-state index contributed by atoms with van der Waals surface area (Å²) in [6.45, 7) is 0. The van der Waals surface area contributed by atoms with E-state index in [4.69, 9.17) is 11.5 Å². The third-order valence-electron chi connectivity index (χ3n) is 0.937. The van der Waals surface area contributed by atoms with Crippen LogP contribution < -0.4 is 80.8 Å². The number of aliphatic carboxylic acids is 2. The second-order valence-electron chi connectivity index (χ2n) is 1.96. The molecule has 0 heterocycles. The first kappa shape index (κ1) is 19.7. The first-order valence-corrected chi connectivity index (χ1v) is 2.93. The number of rotatable bonds is 4. The van der Waals surface area contributed by atoms with Gasteiger partial charge in [-0.1, -0.05) is 0 Å². The molecule has 0 rings (SSSR count). The molecule has 7 nitrogen and oxygen atoms in total. The molecule has 0 bridgehead atoms. The Kier molecular flexibility index (Phi) is 13.7. The van der Waals surface area contributed by atoms with E-state index in [2.05, 4.69) is 4.99 Å². The molecule has 0 radical (unpaired) electrons. The van der Waals surface area contributed by atoms with Crippen LogP contribution in [0.5, 0.6) is 0 Å². The molecule has 0 aliphatic heterocycles. The zero-order valence-corrected chi connectivity index (χ0v) is 12.0. The average molecular weight is 219 g/mol. The predicted octanol–water partition coefficient (Wildman–Crippen LogP) is -10.5. The summed E-state index contributed by atoms with van der Waals surface area (Å²) in [5.41, 5.74) is 9.66. The van der Waals surface area contributed by atoms with E-state index in [-0.39, 0.29) is 59.1 Å². The number of hydrogen-bond donors (Lipinski definition) is 2. The van der Waals surface area contributed by atoms with Crippen molar-refractivity contribution in [1.29, 1.82) is 0 Å². The number of carboxylic acids is 2. The minimum atomic E-state index is -1.66. The molecule has 0 aromatic rings. The number of nitrogens with two attached hydrogens (primary N) is 2. The van der Waals surface area contributed by atoms with E-state index in [1.165, 1.54) is 0 Å². The van der Waals surface area contributed by atoms with E-state index in [0.717, 1.165) is 0 Å². The van der Waals surface area contributed by atoms with Crippen LogP contribution in [0.2, 0.25) is 0 Å². The molecule has 14 heavy (non-hydrogen) atoms. The molecule has 4 N–H and O–H groups in total. The van der Waals surface area contributed by atoms with E-state index in [9.17, 15) is 19.8 Å². The van der Waals surface area contributed by atoms with Crippen LogP contribution in [0.25, 0.3) is 0 Å². The second-order valence-corrected chi connectivity index (χ2v) is 1.96. The Morgan fingerprint density at radius 3 is 1.86 bits per heavy atom. The van der Waals surface area contributed by atoms with Crippen LogP contribution in [0, 0.1) is 0 Å². The summed E-state index contributed by atoms with van der Waals surface area (Å²) >= 11 is 0. The zero-order chi connectivity index (χ0) is 9.72. The molecular formula is C5H7N3Na2O4. The van der Waals surface area contributed by atoms with Crippen molar-refractivity contribution < 1.29 is 78.9 Å². The molecule has 0 fully saturated rings. The Bertz CT molecular complexity index is 229. The third kappa shape index (κ3) is 10.3. The molecule has 1 unspecified atom stereocenters. The Labute approximate surface area is 125 Å². The molecule has 0 aliphatic rings. The number of carbonyl (C=O) groups excluding carboxylic acids is 2. The molecule has 1 atom stereocenters. The number of carbonyl (C=O) groups is 2. The second kappa shape index (κ2) is 9.75. The molecule has 0 saturated carbocycles. The fourth-order valence-corrected chi connectivity index (χ4v) is 0.519. The molecule has 68 valence electrons. The number of guanidine groups is 1. The molecule has 0 aromatic carbocycles. The van der Waals surface area contributed by atoms with Gasteiger partial charge < -0.3 is 31.3 Å². The fraction of sp³-hybridized carbons (Fsp3) is 0.400. The van der Waals surface area contributed by atoms with Crippen LogP contribution in [-0.2, 0) is 9.59 Å². The summed E-state index contributed by atoms with van der Waals surface area (Å²) in [4.78, 5) is 23.2. The predicted molar refractivity (Wildman–Crippen MR) is 34.2 cm³/mol. The smallest absolute Gasteiger partial charge is 0.550 e. The van der Waals surface area contributed by atoms with Gasteiger partial charge in [-0.3, -0.25) is 0 Å². The maximum Gasteiger partial charge on any atom is 1.00 e. The normalized spacial score (nSPS) is 10.0. The standard InChI is InChI=1S/C5H9N3O4.2Na/c6-5(7)8-2(4(11)12)1-3(9)10;;/h2H,1H2,(H,9,10)(H,11,12)(H4,6,7,8);;/q;2*+1/p-2. The molecule has 0 amide bonds. The largest absolute Gasteiger partial charge is 1.00 e. The van der Waals surface area contributed by atoms with Gasteiger partial charge in [0.15, 0.2) is 5.96 Å². The summed E-state index contributed by atoms with van der Waals surface area (Å²) in [5, 5.41) is 20.1. The van der Waals surface area contributed by atoms with Gasteiger partial charge in [0.1, 0.15) is 0 Å². The maximum absolute atomic E-state index is 10.2. The van der Waals surface area contributed by atoms with Crippen LogP contribution in [0.4, 0.5) is 0 Å². The average Bonchev–Trinajstić information content (AvgIpc) is 1.83. The van der Waals surface area contributed by atoms with E-state index in [1.54, 1.807) is 0 Å².